The smallest absolute Gasteiger partial charge is 0.242 e. The van der Waals surface area contributed by atoms with Gasteiger partial charge in [0.05, 0.1) is 6.04 Å². The number of thioether (sulfide) groups is 2. The Kier molecular flexibility index (Phi) is 16.0. The summed E-state index contributed by atoms with van der Waals surface area (Å²) in [5, 5.41) is 9.06. The summed E-state index contributed by atoms with van der Waals surface area (Å²) in [6, 6.07) is 7.70. The highest BCUT2D eigenvalue weighted by Gasteiger charge is 2.28. The lowest BCUT2D eigenvalue weighted by molar-refractivity contribution is -0.131. The Balaban J connectivity index is 2.47. The van der Waals surface area contributed by atoms with Gasteiger partial charge in [0, 0.05) is 36.0 Å². The van der Waals surface area contributed by atoms with Crippen LogP contribution < -0.4 is 16.0 Å². The third kappa shape index (κ3) is 12.3. The van der Waals surface area contributed by atoms with Crippen molar-refractivity contribution in [3.8, 4) is 0 Å². The molecule has 0 aliphatic carbocycles. The molecular formula is C26H43N3O3S2. The first kappa shape index (κ1) is 30.5. The molecule has 0 saturated heterocycles. The van der Waals surface area contributed by atoms with Crippen LogP contribution in [0.3, 0.4) is 0 Å². The standard InChI is InChI=1S/C26H43N3O3S2/c1-6-20(4)24(29-25(31)23(27-5)15-19(2)3)26(32)28-11-14-34-18-22-10-7-9-21(16-22)17-33-13-8-12-30/h7,9-10,12,16,19-20,23-24,27H,6,8,11,13-15,17-18H2,1-5H3,(H,28,32)(H,29,31)/t20-,23-,24-/m0/s1. The summed E-state index contributed by atoms with van der Waals surface area (Å²) in [6.07, 6.45) is 3.10. The van der Waals surface area contributed by atoms with Crippen molar-refractivity contribution in [3.05, 3.63) is 35.4 Å². The van der Waals surface area contributed by atoms with E-state index in [4.69, 9.17) is 0 Å². The second-order valence-corrected chi connectivity index (χ2v) is 11.2. The van der Waals surface area contributed by atoms with Crippen molar-refractivity contribution in [3.63, 3.8) is 0 Å². The quantitative estimate of drug-likeness (QED) is 0.205. The monoisotopic (exact) mass is 509 g/mol. The normalized spacial score (nSPS) is 13.8. The molecule has 2 amide bonds. The van der Waals surface area contributed by atoms with Crippen molar-refractivity contribution in [2.45, 2.75) is 70.5 Å². The van der Waals surface area contributed by atoms with Crippen LogP contribution in [0.15, 0.2) is 24.3 Å². The van der Waals surface area contributed by atoms with E-state index < -0.39 is 6.04 Å². The number of carbonyl (C=O) groups is 3. The third-order valence-corrected chi connectivity index (χ3v) is 7.71. The van der Waals surface area contributed by atoms with Gasteiger partial charge < -0.3 is 20.7 Å². The number of nitrogens with one attached hydrogen (secondary N) is 3. The van der Waals surface area contributed by atoms with Gasteiger partial charge in [0.1, 0.15) is 12.3 Å². The molecule has 6 nitrogen and oxygen atoms in total. The topological polar surface area (TPSA) is 87.3 Å². The molecule has 0 saturated carbocycles. The summed E-state index contributed by atoms with van der Waals surface area (Å²) >= 11 is 3.55. The van der Waals surface area contributed by atoms with Gasteiger partial charge in [0.25, 0.3) is 0 Å². The number of rotatable bonds is 18. The number of aldehydes is 1. The van der Waals surface area contributed by atoms with Gasteiger partial charge in [-0.1, -0.05) is 58.4 Å². The summed E-state index contributed by atoms with van der Waals surface area (Å²) < 4.78 is 0. The molecule has 0 aliphatic rings. The van der Waals surface area contributed by atoms with Gasteiger partial charge >= 0.3 is 0 Å². The van der Waals surface area contributed by atoms with Gasteiger partial charge in [-0.05, 0) is 36.4 Å². The maximum Gasteiger partial charge on any atom is 0.242 e. The maximum absolute atomic E-state index is 12.9. The number of likely N-dealkylation sites (N-methyl/N-ethyl adjacent to an activating group) is 1. The van der Waals surface area contributed by atoms with E-state index in [9.17, 15) is 14.4 Å². The van der Waals surface area contributed by atoms with Crippen molar-refractivity contribution >= 4 is 41.6 Å². The predicted molar refractivity (Wildman–Crippen MR) is 146 cm³/mol. The van der Waals surface area contributed by atoms with Crippen molar-refractivity contribution in [2.24, 2.45) is 11.8 Å². The Hall–Kier alpha value is -1.51. The lowest BCUT2D eigenvalue weighted by Crippen LogP contribution is -2.55. The van der Waals surface area contributed by atoms with Crippen molar-refractivity contribution in [1.29, 1.82) is 0 Å². The van der Waals surface area contributed by atoms with Crippen LogP contribution >= 0.6 is 23.5 Å². The van der Waals surface area contributed by atoms with Crippen LogP contribution in [0.1, 0.15) is 58.1 Å². The Morgan fingerprint density at radius 1 is 1.03 bits per heavy atom. The van der Waals surface area contributed by atoms with Crippen LogP contribution in [0.25, 0.3) is 0 Å². The molecule has 1 rings (SSSR count). The highest BCUT2D eigenvalue weighted by Crippen LogP contribution is 2.18. The summed E-state index contributed by atoms with van der Waals surface area (Å²) in [6.45, 7) is 8.76. The number of hydrogen-bond donors (Lipinski definition) is 3. The van der Waals surface area contributed by atoms with Crippen molar-refractivity contribution in [2.75, 3.05) is 25.1 Å². The fraction of sp³-hybridized carbons (Fsp3) is 0.654. The molecule has 3 atom stereocenters. The predicted octanol–water partition coefficient (Wildman–Crippen LogP) is 4.02. The van der Waals surface area contributed by atoms with Crippen LogP contribution in [0.4, 0.5) is 0 Å². The van der Waals surface area contributed by atoms with E-state index in [1.807, 2.05) is 13.8 Å². The second-order valence-electron chi connectivity index (χ2n) is 9.01. The summed E-state index contributed by atoms with van der Waals surface area (Å²) in [5.41, 5.74) is 2.53. The fourth-order valence-electron chi connectivity index (χ4n) is 3.46. The van der Waals surface area contributed by atoms with Crippen LogP contribution in [-0.4, -0.2) is 55.3 Å². The molecule has 8 heteroatoms. The van der Waals surface area contributed by atoms with Crippen molar-refractivity contribution < 1.29 is 14.4 Å². The second kappa shape index (κ2) is 17.9. The summed E-state index contributed by atoms with van der Waals surface area (Å²) in [5.74, 6) is 3.67. The molecule has 0 aliphatic heterocycles. The van der Waals surface area contributed by atoms with E-state index in [0.29, 0.717) is 18.9 Å². The largest absolute Gasteiger partial charge is 0.353 e. The van der Waals surface area contributed by atoms with E-state index in [1.165, 1.54) is 11.1 Å². The lowest BCUT2D eigenvalue weighted by atomic mass is 9.97. The summed E-state index contributed by atoms with van der Waals surface area (Å²) in [7, 11) is 1.78. The van der Waals surface area contributed by atoms with Gasteiger partial charge in [-0.25, -0.2) is 0 Å². The number of benzene rings is 1. The molecule has 0 radical (unpaired) electrons. The molecule has 34 heavy (non-hydrogen) atoms. The van der Waals surface area contributed by atoms with E-state index >= 15 is 0 Å². The zero-order valence-electron chi connectivity index (χ0n) is 21.4. The number of amides is 2. The third-order valence-electron chi connectivity index (χ3n) is 5.62. The first-order chi connectivity index (χ1) is 16.3. The van der Waals surface area contributed by atoms with Gasteiger partial charge in [-0.2, -0.15) is 23.5 Å². The molecule has 1 aromatic carbocycles. The van der Waals surface area contributed by atoms with E-state index in [1.54, 1.807) is 30.6 Å². The lowest BCUT2D eigenvalue weighted by Gasteiger charge is -2.26. The molecule has 1 aromatic rings. The molecular weight excluding hydrogens is 466 g/mol. The van der Waals surface area contributed by atoms with Crippen LogP contribution in [0, 0.1) is 11.8 Å². The molecule has 0 unspecified atom stereocenters. The summed E-state index contributed by atoms with van der Waals surface area (Å²) in [4.78, 5) is 36.0. The van der Waals surface area contributed by atoms with E-state index in [2.05, 4.69) is 54.1 Å². The van der Waals surface area contributed by atoms with Crippen LogP contribution in [0.5, 0.6) is 0 Å². The molecule has 192 valence electrons. The molecule has 3 N–H and O–H groups in total. The van der Waals surface area contributed by atoms with E-state index in [-0.39, 0.29) is 23.8 Å². The molecule has 0 fully saturated rings. The van der Waals surface area contributed by atoms with Crippen molar-refractivity contribution in [1.82, 2.24) is 16.0 Å². The van der Waals surface area contributed by atoms with Crippen LogP contribution in [-0.2, 0) is 25.9 Å². The average molecular weight is 510 g/mol. The number of hydrogen-bond acceptors (Lipinski definition) is 6. The Morgan fingerprint density at radius 2 is 1.68 bits per heavy atom. The first-order valence-electron chi connectivity index (χ1n) is 12.2. The minimum Gasteiger partial charge on any atom is -0.353 e. The minimum atomic E-state index is -0.529. The van der Waals surface area contributed by atoms with Gasteiger partial charge in [0.2, 0.25) is 11.8 Å². The highest BCUT2D eigenvalue weighted by molar-refractivity contribution is 7.98. The molecule has 0 heterocycles. The SMILES string of the molecule is CC[C@H](C)[C@H](NC(=O)[C@H](CC(C)C)NC)C(=O)NCCSCc1cccc(CSCCC=O)c1. The average Bonchev–Trinajstić information content (AvgIpc) is 2.82. The van der Waals surface area contributed by atoms with Crippen LogP contribution in [0.2, 0.25) is 0 Å². The Bertz CT molecular complexity index is 746. The Labute approximate surface area is 214 Å². The first-order valence-corrected chi connectivity index (χ1v) is 14.6. The number of carbonyl (C=O) groups excluding carboxylic acids is 3. The minimum absolute atomic E-state index is 0.0558. The fourth-order valence-corrected chi connectivity index (χ4v) is 5.09. The maximum atomic E-state index is 12.9. The molecule has 0 spiro atoms. The highest BCUT2D eigenvalue weighted by atomic mass is 32.2. The van der Waals surface area contributed by atoms with Gasteiger partial charge in [0.15, 0.2) is 0 Å². The molecule has 0 aromatic heterocycles. The van der Waals surface area contributed by atoms with Gasteiger partial charge in [-0.15, -0.1) is 0 Å². The van der Waals surface area contributed by atoms with Gasteiger partial charge in [-0.3, -0.25) is 9.59 Å². The van der Waals surface area contributed by atoms with E-state index in [0.717, 1.165) is 42.1 Å². The molecule has 0 bridgehead atoms. The Morgan fingerprint density at radius 3 is 2.24 bits per heavy atom. The zero-order valence-corrected chi connectivity index (χ0v) is 23.0. The zero-order chi connectivity index (χ0) is 25.3.